The lowest BCUT2D eigenvalue weighted by Gasteiger charge is -2.33. The summed E-state index contributed by atoms with van der Waals surface area (Å²) in [6.45, 7) is 0.924. The molecule has 1 amide bonds. The summed E-state index contributed by atoms with van der Waals surface area (Å²) in [6, 6.07) is 11.2. The van der Waals surface area contributed by atoms with Gasteiger partial charge >= 0.3 is 5.97 Å². The number of likely N-dealkylation sites (tertiary alicyclic amines) is 1. The van der Waals surface area contributed by atoms with Crippen molar-refractivity contribution in [1.82, 2.24) is 4.90 Å². The molecule has 162 valence electrons. The second-order valence-corrected chi connectivity index (χ2v) is 9.33. The quantitative estimate of drug-likeness (QED) is 0.704. The van der Waals surface area contributed by atoms with E-state index in [2.05, 4.69) is 9.71 Å². The van der Waals surface area contributed by atoms with Gasteiger partial charge in [-0.1, -0.05) is 23.7 Å². The minimum absolute atomic E-state index is 0.183. The van der Waals surface area contributed by atoms with Crippen molar-refractivity contribution in [3.63, 3.8) is 0 Å². The number of methoxy groups -OCH3 is 1. The predicted octanol–water partition coefficient (Wildman–Crippen LogP) is 2.93. The molecule has 2 aliphatic rings. The van der Waals surface area contributed by atoms with E-state index in [0.29, 0.717) is 48.0 Å². The number of hydrogen-bond donors (Lipinski definition) is 1. The topological polar surface area (TPSA) is 105 Å². The molecule has 0 spiro atoms. The first kappa shape index (κ1) is 21.3. The summed E-state index contributed by atoms with van der Waals surface area (Å²) in [4.78, 5) is 26.7. The number of sulfonamides is 1. The van der Waals surface area contributed by atoms with E-state index in [-0.39, 0.29) is 16.4 Å². The van der Waals surface area contributed by atoms with Gasteiger partial charge in [-0.3, -0.25) is 4.79 Å². The monoisotopic (exact) mass is 461 g/mol. The zero-order valence-electron chi connectivity index (χ0n) is 16.7. The van der Waals surface area contributed by atoms with E-state index in [0.717, 1.165) is 0 Å². The highest BCUT2D eigenvalue weighted by atomic mass is 35.5. The number of ether oxygens (including phenoxy) is 1. The zero-order valence-corrected chi connectivity index (χ0v) is 18.2. The Hall–Kier alpha value is -2.91. The number of amidine groups is 1. The smallest absolute Gasteiger partial charge is 0.337 e. The standard InChI is InChI=1S/C21H20ClN3O5S/c1-30-21(27)13-8-9-16(22)17(11-13)23-20(26)14-5-4-10-25(12-14)19-15-6-2-3-7-18(15)31(28,29)24-19/h2-3,6-9,11,14H,4-5,10,12H2,1H3,(H,23,26). The maximum Gasteiger partial charge on any atom is 0.337 e. The summed E-state index contributed by atoms with van der Waals surface area (Å²) < 4.78 is 33.4. The Morgan fingerprint density at radius 3 is 2.77 bits per heavy atom. The molecule has 0 radical (unpaired) electrons. The first-order valence-electron chi connectivity index (χ1n) is 9.68. The van der Waals surface area contributed by atoms with Crippen LogP contribution in [0.2, 0.25) is 5.02 Å². The normalized spacial score (nSPS) is 19.4. The first-order chi connectivity index (χ1) is 14.8. The number of nitrogens with zero attached hydrogens (tertiary/aromatic N) is 2. The maximum absolute atomic E-state index is 12.9. The van der Waals surface area contributed by atoms with Gasteiger partial charge in [0.05, 0.1) is 29.3 Å². The number of fused-ring (bicyclic) bond motifs is 1. The fraction of sp³-hybridized carbons (Fsp3) is 0.286. The van der Waals surface area contributed by atoms with Gasteiger partial charge in [-0.25, -0.2) is 4.79 Å². The fourth-order valence-electron chi connectivity index (χ4n) is 3.80. The highest BCUT2D eigenvalue weighted by molar-refractivity contribution is 7.90. The van der Waals surface area contributed by atoms with Crippen molar-refractivity contribution in [2.75, 3.05) is 25.5 Å². The molecule has 1 atom stereocenters. The van der Waals surface area contributed by atoms with Gasteiger partial charge in [-0.05, 0) is 43.2 Å². The van der Waals surface area contributed by atoms with Crippen LogP contribution in [-0.4, -0.2) is 51.2 Å². The van der Waals surface area contributed by atoms with Crippen molar-refractivity contribution in [1.29, 1.82) is 0 Å². The molecule has 2 aromatic carbocycles. The van der Waals surface area contributed by atoms with Gasteiger partial charge in [-0.15, -0.1) is 4.40 Å². The SMILES string of the molecule is COC(=O)c1ccc(Cl)c(NC(=O)C2CCCN(C3=NS(=O)(=O)c4ccccc43)C2)c1. The van der Waals surface area contributed by atoms with Crippen LogP contribution in [-0.2, 0) is 19.6 Å². The van der Waals surface area contributed by atoms with Crippen molar-refractivity contribution < 1.29 is 22.7 Å². The Morgan fingerprint density at radius 2 is 2.00 bits per heavy atom. The van der Waals surface area contributed by atoms with Crippen LogP contribution < -0.4 is 5.32 Å². The summed E-state index contributed by atoms with van der Waals surface area (Å²) >= 11 is 6.18. The molecule has 1 N–H and O–H groups in total. The third kappa shape index (κ3) is 4.15. The van der Waals surface area contributed by atoms with Gasteiger partial charge in [-0.2, -0.15) is 8.42 Å². The minimum atomic E-state index is -3.73. The number of nitrogens with one attached hydrogen (secondary N) is 1. The van der Waals surface area contributed by atoms with Crippen LogP contribution in [0.1, 0.15) is 28.8 Å². The van der Waals surface area contributed by atoms with Crippen LogP contribution in [0, 0.1) is 5.92 Å². The van der Waals surface area contributed by atoms with Crippen LogP contribution >= 0.6 is 11.6 Å². The van der Waals surface area contributed by atoms with E-state index in [1.807, 2.05) is 4.90 Å². The third-order valence-electron chi connectivity index (χ3n) is 5.35. The number of anilines is 1. The van der Waals surface area contributed by atoms with E-state index in [1.165, 1.54) is 31.4 Å². The number of amides is 1. The summed E-state index contributed by atoms with van der Waals surface area (Å²) in [5.41, 5.74) is 1.14. The number of carbonyl (C=O) groups is 2. The van der Waals surface area contributed by atoms with E-state index in [9.17, 15) is 18.0 Å². The average Bonchev–Trinajstić information content (AvgIpc) is 3.06. The van der Waals surface area contributed by atoms with Gasteiger partial charge < -0.3 is 15.0 Å². The molecule has 1 fully saturated rings. The van der Waals surface area contributed by atoms with Crippen LogP contribution in [0.5, 0.6) is 0 Å². The van der Waals surface area contributed by atoms with Crippen molar-refractivity contribution in [2.45, 2.75) is 17.7 Å². The molecule has 4 rings (SSSR count). The largest absolute Gasteiger partial charge is 0.465 e. The van der Waals surface area contributed by atoms with Crippen LogP contribution in [0.4, 0.5) is 5.69 Å². The maximum atomic E-state index is 12.9. The Labute approximate surface area is 184 Å². The van der Waals surface area contributed by atoms with Gasteiger partial charge in [0.2, 0.25) is 5.91 Å². The first-order valence-corrected chi connectivity index (χ1v) is 11.5. The van der Waals surface area contributed by atoms with Gasteiger partial charge in [0.1, 0.15) is 4.90 Å². The molecular formula is C21H20ClN3O5S. The van der Waals surface area contributed by atoms with E-state index < -0.39 is 21.9 Å². The summed E-state index contributed by atoms with van der Waals surface area (Å²) in [5.74, 6) is -0.818. The lowest BCUT2D eigenvalue weighted by molar-refractivity contribution is -0.121. The highest BCUT2D eigenvalue weighted by Gasteiger charge is 2.35. The highest BCUT2D eigenvalue weighted by Crippen LogP contribution is 2.30. The molecular weight excluding hydrogens is 442 g/mol. The molecule has 10 heteroatoms. The van der Waals surface area contributed by atoms with E-state index in [4.69, 9.17) is 16.3 Å². The van der Waals surface area contributed by atoms with E-state index >= 15 is 0 Å². The van der Waals surface area contributed by atoms with Crippen LogP contribution in [0.3, 0.4) is 0 Å². The molecule has 8 nitrogen and oxygen atoms in total. The second-order valence-electron chi connectivity index (χ2n) is 7.35. The third-order valence-corrected chi connectivity index (χ3v) is 7.00. The summed E-state index contributed by atoms with van der Waals surface area (Å²) in [7, 11) is -2.45. The van der Waals surface area contributed by atoms with E-state index in [1.54, 1.807) is 18.2 Å². The molecule has 1 saturated heterocycles. The average molecular weight is 462 g/mol. The summed E-state index contributed by atoms with van der Waals surface area (Å²) in [5, 5.41) is 3.08. The number of rotatable bonds is 3. The number of piperidine rings is 1. The Morgan fingerprint density at radius 1 is 1.23 bits per heavy atom. The number of carbonyl (C=O) groups excluding carboxylic acids is 2. The molecule has 0 saturated carbocycles. The predicted molar refractivity (Wildman–Crippen MR) is 116 cm³/mol. The zero-order chi connectivity index (χ0) is 22.2. The van der Waals surface area contributed by atoms with Crippen molar-refractivity contribution in [3.05, 3.63) is 58.6 Å². The van der Waals surface area contributed by atoms with Crippen molar-refractivity contribution in [2.24, 2.45) is 10.3 Å². The molecule has 2 aromatic rings. The van der Waals surface area contributed by atoms with Crippen molar-refractivity contribution >= 4 is 45.0 Å². The molecule has 0 bridgehead atoms. The number of hydrogen-bond acceptors (Lipinski definition) is 6. The summed E-state index contributed by atoms with van der Waals surface area (Å²) in [6.07, 6.45) is 1.34. The number of halogens is 1. The Balaban J connectivity index is 1.53. The molecule has 2 aliphatic heterocycles. The fourth-order valence-corrected chi connectivity index (χ4v) is 5.19. The molecule has 0 aromatic heterocycles. The van der Waals surface area contributed by atoms with Crippen LogP contribution in [0.25, 0.3) is 0 Å². The second kappa shape index (κ2) is 8.32. The number of benzene rings is 2. The van der Waals surface area contributed by atoms with Crippen LogP contribution in [0.15, 0.2) is 51.8 Å². The Bertz CT molecular complexity index is 1200. The van der Waals surface area contributed by atoms with Gasteiger partial charge in [0, 0.05) is 18.7 Å². The molecule has 31 heavy (non-hydrogen) atoms. The molecule has 1 unspecified atom stereocenters. The van der Waals surface area contributed by atoms with Crippen molar-refractivity contribution in [3.8, 4) is 0 Å². The molecule has 2 heterocycles. The molecule has 0 aliphatic carbocycles. The lowest BCUT2D eigenvalue weighted by Crippen LogP contribution is -2.43. The minimum Gasteiger partial charge on any atom is -0.465 e. The van der Waals surface area contributed by atoms with Gasteiger partial charge in [0.25, 0.3) is 10.0 Å². The Kier molecular flexibility index (Phi) is 5.72. The lowest BCUT2D eigenvalue weighted by atomic mass is 9.96. The number of esters is 1. The van der Waals surface area contributed by atoms with Gasteiger partial charge in [0.15, 0.2) is 5.84 Å².